The molecule has 7 heteroatoms. The molecule has 2 aromatic carbocycles. The number of carbonyl (C=O) groups is 2. The molecule has 1 heterocycles. The van der Waals surface area contributed by atoms with Crippen molar-refractivity contribution < 1.29 is 9.59 Å². The number of nitrogens with one attached hydrogen (secondary N) is 1. The van der Waals surface area contributed by atoms with Crippen LogP contribution in [-0.2, 0) is 22.6 Å². The van der Waals surface area contributed by atoms with Crippen LogP contribution in [0.4, 0.5) is 0 Å². The van der Waals surface area contributed by atoms with E-state index in [2.05, 4.69) is 21.8 Å². The third-order valence-corrected chi connectivity index (χ3v) is 5.60. The fraction of sp³-hybridized carbons (Fsp3) is 0.318. The Morgan fingerprint density at radius 2 is 1.79 bits per heavy atom. The topological polar surface area (TPSA) is 67.2 Å². The first-order valence-electron chi connectivity index (χ1n) is 9.62. The molecule has 152 valence electrons. The Hall–Kier alpha value is -2.80. The van der Waals surface area contributed by atoms with Gasteiger partial charge in [-0.1, -0.05) is 54.2 Å². The summed E-state index contributed by atoms with van der Waals surface area (Å²) in [7, 11) is 3.40. The molecular formula is C22H26N4O2S. The van der Waals surface area contributed by atoms with Crippen LogP contribution in [0, 0.1) is 0 Å². The van der Waals surface area contributed by atoms with E-state index in [1.165, 1.54) is 16.7 Å². The lowest BCUT2D eigenvalue weighted by atomic mass is 10.1. The molecule has 1 atom stereocenters. The molecule has 1 N–H and O–H groups in total. The second-order valence-corrected chi connectivity index (χ2v) is 7.90. The van der Waals surface area contributed by atoms with Crippen molar-refractivity contribution in [3.05, 3.63) is 60.2 Å². The summed E-state index contributed by atoms with van der Waals surface area (Å²) in [5.41, 5.74) is 2.98. The van der Waals surface area contributed by atoms with Gasteiger partial charge in [-0.3, -0.25) is 9.59 Å². The zero-order valence-electron chi connectivity index (χ0n) is 17.0. The Kier molecular flexibility index (Phi) is 6.93. The summed E-state index contributed by atoms with van der Waals surface area (Å²) in [6.07, 6.45) is 0.460. The zero-order chi connectivity index (χ0) is 20.8. The molecule has 0 radical (unpaired) electrons. The lowest BCUT2D eigenvalue weighted by molar-refractivity contribution is -0.133. The number of fused-ring (bicyclic) bond motifs is 1. The van der Waals surface area contributed by atoms with E-state index in [1.54, 1.807) is 14.1 Å². The van der Waals surface area contributed by atoms with Crippen molar-refractivity contribution in [1.29, 1.82) is 0 Å². The van der Waals surface area contributed by atoms with Gasteiger partial charge in [0.1, 0.15) is 6.04 Å². The van der Waals surface area contributed by atoms with Gasteiger partial charge in [-0.05, 0) is 24.6 Å². The number of rotatable bonds is 8. The number of para-hydroxylation sites is 2. The minimum absolute atomic E-state index is 0.118. The number of thioether (sulfide) groups is 1. The molecular weight excluding hydrogens is 384 g/mol. The minimum atomic E-state index is -0.592. The Morgan fingerprint density at radius 1 is 1.10 bits per heavy atom. The maximum Gasteiger partial charge on any atom is 0.244 e. The van der Waals surface area contributed by atoms with Crippen LogP contribution in [-0.4, -0.2) is 52.2 Å². The summed E-state index contributed by atoms with van der Waals surface area (Å²) < 4.78 is 2.10. The molecule has 0 saturated heterocycles. The van der Waals surface area contributed by atoms with Crippen LogP contribution in [0.2, 0.25) is 0 Å². The second-order valence-electron chi connectivity index (χ2n) is 6.96. The normalized spacial score (nSPS) is 12.0. The van der Waals surface area contributed by atoms with Gasteiger partial charge >= 0.3 is 0 Å². The van der Waals surface area contributed by atoms with E-state index >= 15 is 0 Å². The van der Waals surface area contributed by atoms with Crippen LogP contribution in [0.3, 0.4) is 0 Å². The summed E-state index contributed by atoms with van der Waals surface area (Å²) in [5.74, 6) is -0.0937. The van der Waals surface area contributed by atoms with Crippen LogP contribution in [0.15, 0.2) is 59.8 Å². The largest absolute Gasteiger partial charge is 0.347 e. The molecule has 0 fully saturated rings. The minimum Gasteiger partial charge on any atom is -0.347 e. The van der Waals surface area contributed by atoms with Gasteiger partial charge in [0.05, 0.1) is 16.8 Å². The fourth-order valence-corrected chi connectivity index (χ4v) is 4.09. The number of hydrogen-bond donors (Lipinski definition) is 1. The van der Waals surface area contributed by atoms with Gasteiger partial charge in [0.2, 0.25) is 11.8 Å². The molecule has 6 nitrogen and oxygen atoms in total. The molecule has 0 aliphatic heterocycles. The quantitative estimate of drug-likeness (QED) is 0.580. The average molecular weight is 411 g/mol. The second kappa shape index (κ2) is 9.60. The van der Waals surface area contributed by atoms with Crippen molar-refractivity contribution in [1.82, 2.24) is 19.8 Å². The summed E-state index contributed by atoms with van der Waals surface area (Å²) in [6.45, 7) is 2.84. The van der Waals surface area contributed by atoms with Crippen LogP contribution in [0.5, 0.6) is 0 Å². The van der Waals surface area contributed by atoms with Crippen LogP contribution in [0.25, 0.3) is 11.0 Å². The maximum atomic E-state index is 12.6. The van der Waals surface area contributed by atoms with Crippen molar-refractivity contribution in [3.8, 4) is 0 Å². The molecule has 0 aliphatic carbocycles. The first-order chi connectivity index (χ1) is 14.0. The highest BCUT2D eigenvalue weighted by Crippen LogP contribution is 2.23. The standard InChI is InChI=1S/C22H26N4O2S/c1-4-26-19-13-9-8-12-17(19)24-22(26)29-15-20(27)23-18(21(28)25(2)3)14-16-10-6-5-7-11-16/h5-13,18H,4,14-15H2,1-3H3,(H,23,27). The van der Waals surface area contributed by atoms with Crippen molar-refractivity contribution in [3.63, 3.8) is 0 Å². The zero-order valence-corrected chi connectivity index (χ0v) is 17.8. The highest BCUT2D eigenvalue weighted by atomic mass is 32.2. The summed E-state index contributed by atoms with van der Waals surface area (Å²) in [4.78, 5) is 31.3. The van der Waals surface area contributed by atoms with Gasteiger partial charge in [-0.25, -0.2) is 4.98 Å². The molecule has 1 aromatic heterocycles. The molecule has 2 amide bonds. The van der Waals surface area contributed by atoms with E-state index in [-0.39, 0.29) is 17.6 Å². The van der Waals surface area contributed by atoms with Crippen LogP contribution >= 0.6 is 11.8 Å². The third kappa shape index (κ3) is 5.17. The highest BCUT2D eigenvalue weighted by molar-refractivity contribution is 7.99. The molecule has 3 aromatic rings. The number of likely N-dealkylation sites (N-methyl/N-ethyl adjacent to an activating group) is 1. The smallest absolute Gasteiger partial charge is 0.244 e. The average Bonchev–Trinajstić information content (AvgIpc) is 3.09. The van der Waals surface area contributed by atoms with E-state index in [1.807, 2.05) is 54.6 Å². The summed E-state index contributed by atoms with van der Waals surface area (Å²) in [5, 5.41) is 3.71. The molecule has 3 rings (SSSR count). The first-order valence-corrected chi connectivity index (χ1v) is 10.6. The Morgan fingerprint density at radius 3 is 2.48 bits per heavy atom. The summed E-state index contributed by atoms with van der Waals surface area (Å²) >= 11 is 1.39. The van der Waals surface area contributed by atoms with Crippen molar-refractivity contribution in [2.24, 2.45) is 0 Å². The van der Waals surface area contributed by atoms with Gasteiger partial charge < -0.3 is 14.8 Å². The number of aromatic nitrogens is 2. The van der Waals surface area contributed by atoms with Crippen LogP contribution in [0.1, 0.15) is 12.5 Å². The molecule has 1 unspecified atom stereocenters. The molecule has 29 heavy (non-hydrogen) atoms. The lowest BCUT2D eigenvalue weighted by Crippen LogP contribution is -2.48. The fourth-order valence-electron chi connectivity index (χ4n) is 3.20. The van der Waals surface area contributed by atoms with Gasteiger partial charge in [0.15, 0.2) is 5.16 Å². The van der Waals surface area contributed by atoms with Gasteiger partial charge in [-0.2, -0.15) is 0 Å². The number of imidazole rings is 1. The lowest BCUT2D eigenvalue weighted by Gasteiger charge is -2.22. The number of amides is 2. The van der Waals surface area contributed by atoms with Gasteiger partial charge in [0, 0.05) is 27.1 Å². The SMILES string of the molecule is CCn1c(SCC(=O)NC(Cc2ccccc2)C(=O)N(C)C)nc2ccccc21. The molecule has 0 aliphatic rings. The highest BCUT2D eigenvalue weighted by Gasteiger charge is 2.23. The first kappa shape index (κ1) is 20.9. The Bertz CT molecular complexity index is 985. The van der Waals surface area contributed by atoms with Crippen molar-refractivity contribution in [2.75, 3.05) is 19.8 Å². The number of hydrogen-bond acceptors (Lipinski definition) is 4. The van der Waals surface area contributed by atoms with E-state index in [0.29, 0.717) is 6.42 Å². The predicted molar refractivity (Wildman–Crippen MR) is 117 cm³/mol. The third-order valence-electron chi connectivity index (χ3n) is 4.62. The Balaban J connectivity index is 1.68. The Labute approximate surface area is 175 Å². The van der Waals surface area contributed by atoms with Crippen molar-refractivity contribution >= 4 is 34.6 Å². The maximum absolute atomic E-state index is 12.6. The van der Waals surface area contributed by atoms with E-state index in [9.17, 15) is 9.59 Å². The number of carbonyl (C=O) groups excluding carboxylic acids is 2. The van der Waals surface area contributed by atoms with Gasteiger partial charge in [-0.15, -0.1) is 0 Å². The van der Waals surface area contributed by atoms with E-state index < -0.39 is 6.04 Å². The number of benzene rings is 2. The monoisotopic (exact) mass is 410 g/mol. The molecule has 0 saturated carbocycles. The van der Waals surface area contributed by atoms with E-state index in [4.69, 9.17) is 0 Å². The number of nitrogens with zero attached hydrogens (tertiary/aromatic N) is 3. The predicted octanol–water partition coefficient (Wildman–Crippen LogP) is 2.96. The number of aryl methyl sites for hydroxylation is 1. The summed E-state index contributed by atoms with van der Waals surface area (Å²) in [6, 6.07) is 17.1. The van der Waals surface area contributed by atoms with Crippen molar-refractivity contribution in [2.45, 2.75) is 31.1 Å². The van der Waals surface area contributed by atoms with Gasteiger partial charge in [0.25, 0.3) is 0 Å². The molecule has 0 bridgehead atoms. The van der Waals surface area contributed by atoms with E-state index in [0.717, 1.165) is 28.3 Å². The van der Waals surface area contributed by atoms with Crippen LogP contribution < -0.4 is 5.32 Å². The molecule has 0 spiro atoms.